The van der Waals surface area contributed by atoms with E-state index < -0.39 is 0 Å². The third-order valence-electron chi connectivity index (χ3n) is 3.73. The number of hydrogen-bond donors (Lipinski definition) is 1. The van der Waals surface area contributed by atoms with Gasteiger partial charge in [-0.1, -0.05) is 6.07 Å². The summed E-state index contributed by atoms with van der Waals surface area (Å²) in [6, 6.07) is 5.82. The largest absolute Gasteiger partial charge is 0.310 e. The number of carbonyl (C=O) groups excluding carboxylic acids is 1. The second-order valence-electron chi connectivity index (χ2n) is 5.13. The Kier molecular flexibility index (Phi) is 3.00. The van der Waals surface area contributed by atoms with Crippen LogP contribution in [0.3, 0.4) is 0 Å². The topological polar surface area (TPSA) is 72.7 Å². The van der Waals surface area contributed by atoms with E-state index in [1.54, 1.807) is 34.5 Å². The lowest BCUT2D eigenvalue weighted by Crippen LogP contribution is -2.24. The van der Waals surface area contributed by atoms with E-state index in [1.807, 2.05) is 18.4 Å². The summed E-state index contributed by atoms with van der Waals surface area (Å²) in [7, 11) is 0. The zero-order chi connectivity index (χ0) is 15.1. The highest BCUT2D eigenvalue weighted by atomic mass is 32.1. The summed E-state index contributed by atoms with van der Waals surface area (Å²) >= 11 is 1.66. The fourth-order valence-corrected chi connectivity index (χ4v) is 3.66. The van der Waals surface area contributed by atoms with Crippen molar-refractivity contribution in [2.75, 3.05) is 5.32 Å². The Balaban J connectivity index is 1.90. The maximum Gasteiger partial charge on any atom is 0.252 e. The van der Waals surface area contributed by atoms with Gasteiger partial charge in [0.1, 0.15) is 5.82 Å². The molecule has 110 valence electrons. The van der Waals surface area contributed by atoms with Gasteiger partial charge in [-0.25, -0.2) is 9.97 Å². The Labute approximate surface area is 130 Å². The van der Waals surface area contributed by atoms with Gasteiger partial charge in [-0.15, -0.1) is 11.3 Å². The third kappa shape index (κ3) is 2.01. The van der Waals surface area contributed by atoms with Gasteiger partial charge in [0.05, 0.1) is 5.69 Å². The molecule has 0 bridgehead atoms. The molecule has 0 saturated heterocycles. The summed E-state index contributed by atoms with van der Waals surface area (Å²) in [6.07, 6.45) is 3.76. The molecule has 1 N–H and O–H groups in total. The molecular formula is C15H13N5OS. The zero-order valence-electron chi connectivity index (χ0n) is 11.9. The Morgan fingerprint density at radius 1 is 1.32 bits per heavy atom. The van der Waals surface area contributed by atoms with Crippen LogP contribution in [-0.4, -0.2) is 25.7 Å². The van der Waals surface area contributed by atoms with Crippen molar-refractivity contribution in [1.29, 1.82) is 0 Å². The fraction of sp³-hybridized carbons (Fsp3) is 0.200. The summed E-state index contributed by atoms with van der Waals surface area (Å²) in [5, 5.41) is 9.49. The molecule has 1 aliphatic heterocycles. The lowest BCUT2D eigenvalue weighted by molar-refractivity contribution is -0.116. The predicted octanol–water partition coefficient (Wildman–Crippen LogP) is 2.51. The molecule has 3 aromatic rings. The molecular weight excluding hydrogens is 298 g/mol. The van der Waals surface area contributed by atoms with Crippen LogP contribution in [0.15, 0.2) is 36.0 Å². The molecule has 3 aromatic heterocycles. The van der Waals surface area contributed by atoms with Crippen molar-refractivity contribution in [2.24, 2.45) is 0 Å². The summed E-state index contributed by atoms with van der Waals surface area (Å²) in [4.78, 5) is 21.8. The van der Waals surface area contributed by atoms with Crippen LogP contribution in [0, 0.1) is 6.92 Å². The normalized spacial score (nSPS) is 17.1. The molecule has 1 atom stereocenters. The molecule has 0 unspecified atom stereocenters. The summed E-state index contributed by atoms with van der Waals surface area (Å²) in [5.74, 6) is 1.17. The van der Waals surface area contributed by atoms with E-state index in [1.165, 1.54) is 4.88 Å². The highest BCUT2D eigenvalue weighted by Gasteiger charge is 2.33. The molecule has 0 aromatic carbocycles. The van der Waals surface area contributed by atoms with Crippen LogP contribution in [0.5, 0.6) is 0 Å². The van der Waals surface area contributed by atoms with E-state index in [-0.39, 0.29) is 11.8 Å². The van der Waals surface area contributed by atoms with E-state index in [0.29, 0.717) is 18.2 Å². The quantitative estimate of drug-likeness (QED) is 0.789. The van der Waals surface area contributed by atoms with Crippen LogP contribution < -0.4 is 5.32 Å². The van der Waals surface area contributed by atoms with Crippen LogP contribution in [0.25, 0.3) is 5.95 Å². The average molecular weight is 311 g/mol. The predicted molar refractivity (Wildman–Crippen MR) is 83.3 cm³/mol. The molecule has 7 heteroatoms. The zero-order valence-corrected chi connectivity index (χ0v) is 12.7. The number of thiophene rings is 1. The SMILES string of the molecule is Cc1nn(-c2ncccn2)c2c1[C@H](c1cccs1)CC(=O)N2. The van der Waals surface area contributed by atoms with Crippen molar-refractivity contribution in [3.63, 3.8) is 0 Å². The number of hydrogen-bond acceptors (Lipinski definition) is 5. The smallest absolute Gasteiger partial charge is 0.252 e. The van der Waals surface area contributed by atoms with Crippen molar-refractivity contribution in [3.8, 4) is 5.95 Å². The van der Waals surface area contributed by atoms with Gasteiger partial charge < -0.3 is 5.32 Å². The first kappa shape index (κ1) is 13.1. The standard InChI is InChI=1S/C15H13N5OS/c1-9-13-10(11-4-2-7-22-11)8-12(21)18-14(13)20(19-9)15-16-5-3-6-17-15/h2-7,10H,8H2,1H3,(H,18,21)/t10-/m0/s1. The number of anilines is 1. The molecule has 1 amide bonds. The van der Waals surface area contributed by atoms with Crippen molar-refractivity contribution < 1.29 is 4.79 Å². The average Bonchev–Trinajstić information content (AvgIpc) is 3.16. The van der Waals surface area contributed by atoms with Crippen molar-refractivity contribution >= 4 is 23.1 Å². The molecule has 0 aliphatic carbocycles. The third-order valence-corrected chi connectivity index (χ3v) is 4.72. The minimum Gasteiger partial charge on any atom is -0.310 e. The number of rotatable bonds is 2. The van der Waals surface area contributed by atoms with Gasteiger partial charge in [0.25, 0.3) is 5.95 Å². The number of aromatic nitrogens is 4. The maximum atomic E-state index is 12.1. The van der Waals surface area contributed by atoms with Gasteiger partial charge >= 0.3 is 0 Å². The summed E-state index contributed by atoms with van der Waals surface area (Å²) in [5.41, 5.74) is 1.94. The minimum atomic E-state index is -0.0111. The highest BCUT2D eigenvalue weighted by Crippen LogP contribution is 2.41. The Bertz CT molecular complexity index is 825. The van der Waals surface area contributed by atoms with Gasteiger partial charge in [-0.2, -0.15) is 9.78 Å². The number of carbonyl (C=O) groups is 1. The van der Waals surface area contributed by atoms with E-state index in [4.69, 9.17) is 0 Å². The van der Waals surface area contributed by atoms with Crippen molar-refractivity contribution in [3.05, 3.63) is 52.1 Å². The second-order valence-corrected chi connectivity index (χ2v) is 6.11. The van der Waals surface area contributed by atoms with Crippen LogP contribution in [0.2, 0.25) is 0 Å². The van der Waals surface area contributed by atoms with Gasteiger partial charge in [-0.3, -0.25) is 4.79 Å². The maximum absolute atomic E-state index is 12.1. The van der Waals surface area contributed by atoms with Gasteiger partial charge in [-0.05, 0) is 24.4 Å². The first-order valence-electron chi connectivity index (χ1n) is 6.94. The lowest BCUT2D eigenvalue weighted by atomic mass is 9.91. The van der Waals surface area contributed by atoms with E-state index in [9.17, 15) is 4.79 Å². The molecule has 22 heavy (non-hydrogen) atoms. The van der Waals surface area contributed by atoms with E-state index in [0.717, 1.165) is 11.3 Å². The Morgan fingerprint density at radius 3 is 2.86 bits per heavy atom. The number of aryl methyl sites for hydroxylation is 1. The number of nitrogens with zero attached hydrogens (tertiary/aromatic N) is 4. The highest BCUT2D eigenvalue weighted by molar-refractivity contribution is 7.10. The molecule has 4 heterocycles. The Morgan fingerprint density at radius 2 is 2.14 bits per heavy atom. The Hall–Kier alpha value is -2.54. The van der Waals surface area contributed by atoms with Crippen LogP contribution in [0.4, 0.5) is 5.82 Å². The number of amides is 1. The van der Waals surface area contributed by atoms with E-state index >= 15 is 0 Å². The molecule has 6 nitrogen and oxygen atoms in total. The number of nitrogens with one attached hydrogen (secondary N) is 1. The van der Waals surface area contributed by atoms with Crippen LogP contribution >= 0.6 is 11.3 Å². The first-order chi connectivity index (χ1) is 10.7. The summed E-state index contributed by atoms with van der Waals surface area (Å²) in [6.45, 7) is 1.95. The second kappa shape index (κ2) is 5.03. The fourth-order valence-electron chi connectivity index (χ4n) is 2.83. The van der Waals surface area contributed by atoms with E-state index in [2.05, 4.69) is 26.4 Å². The molecule has 0 fully saturated rings. The lowest BCUT2D eigenvalue weighted by Gasteiger charge is -2.22. The van der Waals surface area contributed by atoms with Crippen LogP contribution in [-0.2, 0) is 4.79 Å². The van der Waals surface area contributed by atoms with Crippen molar-refractivity contribution in [2.45, 2.75) is 19.3 Å². The van der Waals surface area contributed by atoms with Gasteiger partial charge in [0, 0.05) is 35.2 Å². The van der Waals surface area contributed by atoms with Crippen molar-refractivity contribution in [1.82, 2.24) is 19.7 Å². The van der Waals surface area contributed by atoms with Gasteiger partial charge in [0.2, 0.25) is 5.91 Å². The molecule has 4 rings (SSSR count). The summed E-state index contributed by atoms with van der Waals surface area (Å²) < 4.78 is 1.61. The minimum absolute atomic E-state index is 0.0111. The molecule has 0 saturated carbocycles. The first-order valence-corrected chi connectivity index (χ1v) is 7.82. The number of fused-ring (bicyclic) bond motifs is 1. The van der Waals surface area contributed by atoms with Gasteiger partial charge in [0.15, 0.2) is 0 Å². The van der Waals surface area contributed by atoms with Crippen LogP contribution in [0.1, 0.15) is 28.5 Å². The molecule has 0 spiro atoms. The monoisotopic (exact) mass is 311 g/mol. The molecule has 0 radical (unpaired) electrons. The molecule has 1 aliphatic rings.